The zero-order valence-electron chi connectivity index (χ0n) is 12.7. The SMILES string of the molecule is CCOC(=O)CC(C)(O)c1ccc(S(=O)(=O)N(C)C)cc1. The monoisotopic (exact) mass is 315 g/mol. The highest BCUT2D eigenvalue weighted by molar-refractivity contribution is 7.89. The Hall–Kier alpha value is -1.44. The van der Waals surface area contributed by atoms with E-state index in [-0.39, 0.29) is 17.9 Å². The fraction of sp³-hybridized carbons (Fsp3) is 0.500. The van der Waals surface area contributed by atoms with Crippen molar-refractivity contribution in [3.05, 3.63) is 29.8 Å². The lowest BCUT2D eigenvalue weighted by Crippen LogP contribution is -2.27. The van der Waals surface area contributed by atoms with Crippen LogP contribution in [0, 0.1) is 0 Å². The summed E-state index contributed by atoms with van der Waals surface area (Å²) >= 11 is 0. The molecule has 7 heteroatoms. The van der Waals surface area contributed by atoms with Gasteiger partial charge in [0.15, 0.2) is 0 Å². The lowest BCUT2D eigenvalue weighted by atomic mass is 9.93. The first kappa shape index (κ1) is 17.6. The van der Waals surface area contributed by atoms with Gasteiger partial charge >= 0.3 is 5.97 Å². The van der Waals surface area contributed by atoms with Gasteiger partial charge in [-0.25, -0.2) is 12.7 Å². The van der Waals surface area contributed by atoms with Crippen LogP contribution in [0.2, 0.25) is 0 Å². The van der Waals surface area contributed by atoms with Crippen molar-refractivity contribution in [1.82, 2.24) is 4.31 Å². The number of nitrogens with zero attached hydrogens (tertiary/aromatic N) is 1. The molecule has 0 spiro atoms. The van der Waals surface area contributed by atoms with Gasteiger partial charge in [-0.2, -0.15) is 0 Å². The van der Waals surface area contributed by atoms with Crippen LogP contribution in [0.5, 0.6) is 0 Å². The summed E-state index contributed by atoms with van der Waals surface area (Å²) in [5.41, 5.74) is -0.958. The maximum Gasteiger partial charge on any atom is 0.309 e. The molecule has 1 unspecified atom stereocenters. The van der Waals surface area contributed by atoms with Gasteiger partial charge in [-0.15, -0.1) is 0 Å². The van der Waals surface area contributed by atoms with Crippen LogP contribution < -0.4 is 0 Å². The molecule has 0 aromatic heterocycles. The number of rotatable bonds is 6. The van der Waals surface area contributed by atoms with Gasteiger partial charge in [0.2, 0.25) is 10.0 Å². The summed E-state index contributed by atoms with van der Waals surface area (Å²) in [6.07, 6.45) is -0.194. The molecule has 118 valence electrons. The largest absolute Gasteiger partial charge is 0.466 e. The van der Waals surface area contributed by atoms with E-state index < -0.39 is 21.6 Å². The van der Waals surface area contributed by atoms with E-state index in [2.05, 4.69) is 0 Å². The minimum Gasteiger partial charge on any atom is -0.466 e. The average Bonchev–Trinajstić information content (AvgIpc) is 2.38. The van der Waals surface area contributed by atoms with Crippen LogP contribution in [0.15, 0.2) is 29.2 Å². The highest BCUT2D eigenvalue weighted by Crippen LogP contribution is 2.26. The number of carbonyl (C=O) groups excluding carboxylic acids is 1. The second-order valence-electron chi connectivity index (χ2n) is 5.07. The van der Waals surface area contributed by atoms with Crippen molar-refractivity contribution >= 4 is 16.0 Å². The van der Waals surface area contributed by atoms with Gasteiger partial charge in [-0.05, 0) is 31.5 Å². The topological polar surface area (TPSA) is 83.9 Å². The zero-order valence-corrected chi connectivity index (χ0v) is 13.5. The standard InChI is InChI=1S/C14H21NO5S/c1-5-20-13(16)10-14(2,17)11-6-8-12(9-7-11)21(18,19)15(3)4/h6-9,17H,5,10H2,1-4H3. The molecule has 1 N–H and O–H groups in total. The Morgan fingerprint density at radius 2 is 1.81 bits per heavy atom. The van der Waals surface area contributed by atoms with E-state index in [9.17, 15) is 18.3 Å². The predicted octanol–water partition coefficient (Wildman–Crippen LogP) is 1.10. The lowest BCUT2D eigenvalue weighted by Gasteiger charge is -2.23. The number of benzene rings is 1. The molecule has 0 amide bonds. The molecule has 6 nitrogen and oxygen atoms in total. The molecule has 1 rings (SSSR count). The number of ether oxygens (including phenoxy) is 1. The van der Waals surface area contributed by atoms with Crippen LogP contribution in [-0.4, -0.2) is 44.5 Å². The quantitative estimate of drug-likeness (QED) is 0.795. The molecule has 21 heavy (non-hydrogen) atoms. The highest BCUT2D eigenvalue weighted by Gasteiger charge is 2.28. The van der Waals surface area contributed by atoms with Crippen LogP contribution in [0.25, 0.3) is 0 Å². The van der Waals surface area contributed by atoms with Crippen molar-refractivity contribution < 1.29 is 23.1 Å². The number of sulfonamides is 1. The molecule has 1 atom stereocenters. The average molecular weight is 315 g/mol. The molecule has 0 radical (unpaired) electrons. The summed E-state index contributed by atoms with van der Waals surface area (Å²) in [4.78, 5) is 11.6. The zero-order chi connectivity index (χ0) is 16.3. The number of hydrogen-bond donors (Lipinski definition) is 1. The molecular formula is C14H21NO5S. The molecule has 0 bridgehead atoms. The van der Waals surface area contributed by atoms with E-state index >= 15 is 0 Å². The van der Waals surface area contributed by atoms with Crippen molar-refractivity contribution in [2.45, 2.75) is 30.8 Å². The lowest BCUT2D eigenvalue weighted by molar-refractivity contribution is -0.148. The van der Waals surface area contributed by atoms with Crippen LogP contribution in [0.1, 0.15) is 25.8 Å². The first-order chi connectivity index (χ1) is 9.61. The number of carbonyl (C=O) groups is 1. The van der Waals surface area contributed by atoms with E-state index in [0.29, 0.717) is 5.56 Å². The molecule has 1 aromatic carbocycles. The molecule has 0 aliphatic carbocycles. The van der Waals surface area contributed by atoms with Crippen molar-refractivity contribution in [2.75, 3.05) is 20.7 Å². The summed E-state index contributed by atoms with van der Waals surface area (Å²) in [5, 5.41) is 10.3. The predicted molar refractivity (Wildman–Crippen MR) is 78.1 cm³/mol. The van der Waals surface area contributed by atoms with Gasteiger partial charge in [0.1, 0.15) is 0 Å². The Morgan fingerprint density at radius 3 is 2.24 bits per heavy atom. The third-order valence-corrected chi connectivity index (χ3v) is 4.88. The van der Waals surface area contributed by atoms with E-state index in [4.69, 9.17) is 4.74 Å². The second-order valence-corrected chi connectivity index (χ2v) is 7.22. The van der Waals surface area contributed by atoms with Crippen LogP contribution >= 0.6 is 0 Å². The van der Waals surface area contributed by atoms with E-state index in [1.807, 2.05) is 0 Å². The molecule has 0 saturated carbocycles. The fourth-order valence-electron chi connectivity index (χ4n) is 1.79. The smallest absolute Gasteiger partial charge is 0.309 e. The van der Waals surface area contributed by atoms with Crippen LogP contribution in [0.3, 0.4) is 0 Å². The maximum atomic E-state index is 11.9. The van der Waals surface area contributed by atoms with Gasteiger partial charge in [0.25, 0.3) is 0 Å². The summed E-state index contributed by atoms with van der Waals surface area (Å²) in [6, 6.07) is 5.81. The molecule has 0 aliphatic rings. The number of esters is 1. The van der Waals surface area contributed by atoms with Crippen LogP contribution in [-0.2, 0) is 25.2 Å². The molecule has 0 heterocycles. The van der Waals surface area contributed by atoms with Crippen molar-refractivity contribution in [3.63, 3.8) is 0 Å². The van der Waals surface area contributed by atoms with Gasteiger partial charge < -0.3 is 9.84 Å². The van der Waals surface area contributed by atoms with Crippen molar-refractivity contribution in [3.8, 4) is 0 Å². The first-order valence-electron chi connectivity index (χ1n) is 6.52. The fourth-order valence-corrected chi connectivity index (χ4v) is 2.69. The van der Waals surface area contributed by atoms with Gasteiger partial charge in [0.05, 0.1) is 23.5 Å². The number of hydrogen-bond acceptors (Lipinski definition) is 5. The minimum absolute atomic E-state index is 0.128. The van der Waals surface area contributed by atoms with E-state index in [0.717, 1.165) is 4.31 Å². The van der Waals surface area contributed by atoms with Gasteiger partial charge in [0, 0.05) is 14.1 Å². The number of aliphatic hydroxyl groups is 1. The van der Waals surface area contributed by atoms with Crippen molar-refractivity contribution in [2.24, 2.45) is 0 Å². The Bertz CT molecular complexity index is 590. The molecular weight excluding hydrogens is 294 g/mol. The summed E-state index contributed by atoms with van der Waals surface area (Å²) in [6.45, 7) is 3.42. The maximum absolute atomic E-state index is 11.9. The minimum atomic E-state index is -3.51. The summed E-state index contributed by atoms with van der Waals surface area (Å²) < 4.78 is 29.8. The Morgan fingerprint density at radius 1 is 1.29 bits per heavy atom. The van der Waals surface area contributed by atoms with E-state index in [1.54, 1.807) is 6.92 Å². The van der Waals surface area contributed by atoms with E-state index in [1.165, 1.54) is 45.3 Å². The first-order valence-corrected chi connectivity index (χ1v) is 7.96. The highest BCUT2D eigenvalue weighted by atomic mass is 32.2. The Labute approximate surface area is 125 Å². The molecule has 1 aromatic rings. The van der Waals surface area contributed by atoms with Gasteiger partial charge in [-0.3, -0.25) is 4.79 Å². The Balaban J connectivity index is 2.99. The second kappa shape index (κ2) is 6.55. The third-order valence-electron chi connectivity index (χ3n) is 3.05. The molecule has 0 saturated heterocycles. The normalized spacial score (nSPS) is 14.8. The summed E-state index contributed by atoms with van der Waals surface area (Å²) in [7, 11) is -0.622. The third kappa shape index (κ3) is 4.26. The van der Waals surface area contributed by atoms with Crippen molar-refractivity contribution in [1.29, 1.82) is 0 Å². The van der Waals surface area contributed by atoms with Crippen LogP contribution in [0.4, 0.5) is 0 Å². The Kier molecular flexibility index (Phi) is 5.49. The van der Waals surface area contributed by atoms with Gasteiger partial charge in [-0.1, -0.05) is 12.1 Å². The summed E-state index contributed by atoms with van der Waals surface area (Å²) in [5.74, 6) is -0.507. The molecule has 0 fully saturated rings. The molecule has 0 aliphatic heterocycles.